The summed E-state index contributed by atoms with van der Waals surface area (Å²) in [5, 5.41) is 6.08. The number of likely N-dealkylation sites (N-methyl/N-ethyl adjacent to an activating group) is 1. The Hall–Kier alpha value is -2.22. The van der Waals surface area contributed by atoms with Crippen molar-refractivity contribution >= 4 is 58.4 Å². The topological polar surface area (TPSA) is 78.5 Å². The number of carbonyl (C=O) groups is 3. The lowest BCUT2D eigenvalue weighted by molar-refractivity contribution is -0.135. The third-order valence-electron chi connectivity index (χ3n) is 4.20. The van der Waals surface area contributed by atoms with Gasteiger partial charge >= 0.3 is 0 Å². The molecule has 9 heteroatoms. The Kier molecular flexibility index (Phi) is 9.49. The number of amides is 3. The first kappa shape index (κ1) is 24.1. The summed E-state index contributed by atoms with van der Waals surface area (Å²) in [6.45, 7) is -0.138. The van der Waals surface area contributed by atoms with Gasteiger partial charge in [0.05, 0.1) is 17.1 Å². The lowest BCUT2D eigenvalue weighted by atomic mass is 10.1. The highest BCUT2D eigenvalue weighted by Gasteiger charge is 2.26. The Morgan fingerprint density at radius 1 is 1.10 bits per heavy atom. The van der Waals surface area contributed by atoms with Crippen LogP contribution in [0.5, 0.6) is 0 Å². The normalized spacial score (nSPS) is 11.5. The van der Waals surface area contributed by atoms with E-state index in [1.807, 2.05) is 12.3 Å². The zero-order chi connectivity index (χ0) is 22.1. The summed E-state index contributed by atoms with van der Waals surface area (Å²) in [5.41, 5.74) is 0.875. The van der Waals surface area contributed by atoms with Crippen molar-refractivity contribution in [3.63, 3.8) is 0 Å². The van der Waals surface area contributed by atoms with Gasteiger partial charge in [-0.25, -0.2) is 0 Å². The number of nitrogens with zero attached hydrogens (tertiary/aromatic N) is 1. The molecule has 30 heavy (non-hydrogen) atoms. The Labute approximate surface area is 190 Å². The average molecular weight is 468 g/mol. The van der Waals surface area contributed by atoms with Crippen molar-refractivity contribution in [1.82, 2.24) is 10.2 Å². The maximum absolute atomic E-state index is 12.9. The highest BCUT2D eigenvalue weighted by atomic mass is 35.5. The molecule has 2 aromatic rings. The van der Waals surface area contributed by atoms with Crippen molar-refractivity contribution < 1.29 is 14.4 Å². The van der Waals surface area contributed by atoms with Gasteiger partial charge in [-0.2, -0.15) is 11.8 Å². The highest BCUT2D eigenvalue weighted by Crippen LogP contribution is 2.21. The fourth-order valence-electron chi connectivity index (χ4n) is 2.68. The van der Waals surface area contributed by atoms with E-state index in [-0.39, 0.29) is 28.9 Å². The van der Waals surface area contributed by atoms with Crippen LogP contribution < -0.4 is 10.6 Å². The number of benzene rings is 2. The molecule has 6 nitrogen and oxygen atoms in total. The molecular weight excluding hydrogens is 445 g/mol. The monoisotopic (exact) mass is 467 g/mol. The predicted octanol–water partition coefficient (Wildman–Crippen LogP) is 3.94. The number of anilines is 1. The van der Waals surface area contributed by atoms with E-state index >= 15 is 0 Å². The van der Waals surface area contributed by atoms with E-state index in [4.69, 9.17) is 23.2 Å². The zero-order valence-corrected chi connectivity index (χ0v) is 19.0. The van der Waals surface area contributed by atoms with Gasteiger partial charge in [-0.3, -0.25) is 14.4 Å². The maximum Gasteiger partial charge on any atom is 0.253 e. The second-order valence-corrected chi connectivity index (χ2v) is 8.37. The molecule has 0 aliphatic heterocycles. The molecule has 3 amide bonds. The molecule has 0 aliphatic carbocycles. The van der Waals surface area contributed by atoms with Crippen LogP contribution in [0.2, 0.25) is 10.0 Å². The van der Waals surface area contributed by atoms with Gasteiger partial charge in [0.1, 0.15) is 6.04 Å². The molecule has 0 saturated heterocycles. The van der Waals surface area contributed by atoms with Crippen molar-refractivity contribution in [2.24, 2.45) is 0 Å². The molecule has 0 bridgehead atoms. The Bertz CT molecular complexity index is 896. The number of nitrogens with one attached hydrogen (secondary N) is 2. The fourth-order valence-corrected chi connectivity index (χ4v) is 3.65. The summed E-state index contributed by atoms with van der Waals surface area (Å²) < 4.78 is 0. The lowest BCUT2D eigenvalue weighted by Gasteiger charge is -2.24. The minimum absolute atomic E-state index is 0.138. The molecule has 0 saturated carbocycles. The summed E-state index contributed by atoms with van der Waals surface area (Å²) in [7, 11) is 1.53. The zero-order valence-electron chi connectivity index (χ0n) is 16.7. The van der Waals surface area contributed by atoms with Gasteiger partial charge in [-0.15, -0.1) is 0 Å². The van der Waals surface area contributed by atoms with E-state index in [1.165, 1.54) is 24.1 Å². The third kappa shape index (κ3) is 7.23. The first-order valence-electron chi connectivity index (χ1n) is 9.16. The number of carbonyl (C=O) groups excluding carboxylic acids is 3. The number of rotatable bonds is 9. The Balaban J connectivity index is 2.04. The molecule has 160 valence electrons. The van der Waals surface area contributed by atoms with Crippen molar-refractivity contribution in [1.29, 1.82) is 0 Å². The van der Waals surface area contributed by atoms with Crippen molar-refractivity contribution in [3.05, 3.63) is 64.1 Å². The highest BCUT2D eigenvalue weighted by molar-refractivity contribution is 7.98. The molecule has 0 fully saturated rings. The van der Waals surface area contributed by atoms with Gasteiger partial charge in [0.2, 0.25) is 11.8 Å². The van der Waals surface area contributed by atoms with E-state index in [9.17, 15) is 14.4 Å². The SMILES string of the molecule is CSCCC(NC(=O)c1ccc(Cl)cc1Cl)C(=O)N(C)CC(=O)Nc1ccccc1. The van der Waals surface area contributed by atoms with Crippen LogP contribution in [-0.4, -0.2) is 54.3 Å². The van der Waals surface area contributed by atoms with E-state index in [0.717, 1.165) is 0 Å². The number of hydrogen-bond donors (Lipinski definition) is 2. The molecule has 2 N–H and O–H groups in total. The average Bonchev–Trinajstić information content (AvgIpc) is 2.70. The molecular formula is C21H23Cl2N3O3S. The number of halogens is 2. The van der Waals surface area contributed by atoms with Crippen LogP contribution in [0.25, 0.3) is 0 Å². The van der Waals surface area contributed by atoms with Crippen LogP contribution in [0.3, 0.4) is 0 Å². The van der Waals surface area contributed by atoms with Crippen LogP contribution in [0.1, 0.15) is 16.8 Å². The van der Waals surface area contributed by atoms with Crippen molar-refractivity contribution in [2.75, 3.05) is 30.9 Å². The minimum Gasteiger partial charge on any atom is -0.340 e. The van der Waals surface area contributed by atoms with E-state index in [2.05, 4.69) is 10.6 Å². The summed E-state index contributed by atoms with van der Waals surface area (Å²) in [5.74, 6) is -0.494. The molecule has 0 radical (unpaired) electrons. The molecule has 2 rings (SSSR count). The second kappa shape index (κ2) is 11.8. The van der Waals surface area contributed by atoms with Gasteiger partial charge in [0.25, 0.3) is 5.91 Å². The Morgan fingerprint density at radius 3 is 2.43 bits per heavy atom. The number of para-hydroxylation sites is 1. The maximum atomic E-state index is 12.9. The fraction of sp³-hybridized carbons (Fsp3) is 0.286. The van der Waals surface area contributed by atoms with E-state index in [0.29, 0.717) is 22.9 Å². The van der Waals surface area contributed by atoms with Crippen LogP contribution in [0.4, 0.5) is 5.69 Å². The van der Waals surface area contributed by atoms with Gasteiger partial charge in [0, 0.05) is 17.8 Å². The smallest absolute Gasteiger partial charge is 0.253 e. The molecule has 1 atom stereocenters. The standard InChI is InChI=1S/C21H23Cl2N3O3S/c1-26(13-19(27)24-15-6-4-3-5-7-15)21(29)18(10-11-30-2)25-20(28)16-9-8-14(22)12-17(16)23/h3-9,12,18H,10-11,13H2,1-2H3,(H,24,27)(H,25,28). The molecule has 0 aliphatic rings. The Morgan fingerprint density at radius 2 is 1.80 bits per heavy atom. The summed E-state index contributed by atoms with van der Waals surface area (Å²) in [6.07, 6.45) is 2.33. The van der Waals surface area contributed by atoms with Crippen LogP contribution in [-0.2, 0) is 9.59 Å². The molecule has 2 aromatic carbocycles. The quantitative estimate of drug-likeness (QED) is 0.585. The van der Waals surface area contributed by atoms with E-state index in [1.54, 1.807) is 42.1 Å². The predicted molar refractivity (Wildman–Crippen MR) is 123 cm³/mol. The number of hydrogen-bond acceptors (Lipinski definition) is 4. The number of thioether (sulfide) groups is 1. The van der Waals surface area contributed by atoms with Crippen molar-refractivity contribution in [2.45, 2.75) is 12.5 Å². The third-order valence-corrected chi connectivity index (χ3v) is 5.40. The van der Waals surface area contributed by atoms with Gasteiger partial charge in [0.15, 0.2) is 0 Å². The van der Waals surface area contributed by atoms with Gasteiger partial charge < -0.3 is 15.5 Å². The molecule has 1 unspecified atom stereocenters. The summed E-state index contributed by atoms with van der Waals surface area (Å²) in [4.78, 5) is 39.1. The van der Waals surface area contributed by atoms with Crippen LogP contribution >= 0.6 is 35.0 Å². The lowest BCUT2D eigenvalue weighted by Crippen LogP contribution is -2.49. The van der Waals surface area contributed by atoms with E-state index < -0.39 is 11.9 Å². The largest absolute Gasteiger partial charge is 0.340 e. The first-order valence-corrected chi connectivity index (χ1v) is 11.3. The second-order valence-electron chi connectivity index (χ2n) is 6.54. The van der Waals surface area contributed by atoms with Crippen LogP contribution in [0, 0.1) is 0 Å². The minimum atomic E-state index is -0.786. The van der Waals surface area contributed by atoms with Gasteiger partial charge in [-0.05, 0) is 48.8 Å². The molecule has 0 aromatic heterocycles. The first-order chi connectivity index (χ1) is 14.3. The molecule has 0 heterocycles. The summed E-state index contributed by atoms with van der Waals surface area (Å²) in [6, 6.07) is 12.7. The van der Waals surface area contributed by atoms with Crippen LogP contribution in [0.15, 0.2) is 48.5 Å². The van der Waals surface area contributed by atoms with Gasteiger partial charge in [-0.1, -0.05) is 41.4 Å². The molecule has 0 spiro atoms. The summed E-state index contributed by atoms with van der Waals surface area (Å²) >= 11 is 13.5. The van der Waals surface area contributed by atoms with Crippen molar-refractivity contribution in [3.8, 4) is 0 Å².